The number of amidine groups is 1. The number of unbranched alkanes of at least 4 members (excludes halogenated alkanes) is 1. The van der Waals surface area contributed by atoms with E-state index in [4.69, 9.17) is 23.7 Å². The van der Waals surface area contributed by atoms with Crippen molar-refractivity contribution in [2.24, 2.45) is 10.9 Å². The Labute approximate surface area is 376 Å². The molecule has 13 N–H and O–H groups in total. The van der Waals surface area contributed by atoms with E-state index in [1.807, 2.05) is 11.8 Å². The molecule has 0 radical (unpaired) electrons. The predicted molar refractivity (Wildman–Crippen MR) is 227 cm³/mol. The second-order valence-electron chi connectivity index (χ2n) is 16.2. The Kier molecular flexibility index (Phi) is 18.5. The van der Waals surface area contributed by atoms with Gasteiger partial charge in [0.25, 0.3) is 6.02 Å². The van der Waals surface area contributed by atoms with Crippen LogP contribution in [0.3, 0.4) is 0 Å². The molecule has 23 nitrogen and oxygen atoms in total. The third kappa shape index (κ3) is 12.1. The van der Waals surface area contributed by atoms with E-state index in [0.717, 1.165) is 25.0 Å². The summed E-state index contributed by atoms with van der Waals surface area (Å²) < 4.78 is 29.8. The number of ether oxygens (including phenoxy) is 5. The Morgan fingerprint density at radius 1 is 0.810 bits per heavy atom. The number of urea groups is 1. The maximum absolute atomic E-state index is 13.2. The topological polar surface area (TPSA) is 341 Å². The molecule has 5 aliphatic heterocycles. The van der Waals surface area contributed by atoms with E-state index in [2.05, 4.69) is 36.9 Å². The number of aliphatic hydroxyl groups is 7. The van der Waals surface area contributed by atoms with Gasteiger partial charge in [0.2, 0.25) is 17.7 Å². The van der Waals surface area contributed by atoms with Gasteiger partial charge in [0.15, 0.2) is 12.6 Å². The van der Waals surface area contributed by atoms with Crippen molar-refractivity contribution < 1.29 is 78.6 Å². The normalized spacial score (nSPS) is 40.0. The second kappa shape index (κ2) is 23.3. The molecule has 5 amide bonds. The minimum atomic E-state index is -1.72. The summed E-state index contributed by atoms with van der Waals surface area (Å²) in [7, 11) is 4.34. The highest BCUT2D eigenvalue weighted by Crippen LogP contribution is 2.38. The lowest BCUT2D eigenvalue weighted by molar-refractivity contribution is -0.339. The van der Waals surface area contributed by atoms with Crippen LogP contribution >= 0.6 is 33.3 Å². The van der Waals surface area contributed by atoms with Crippen molar-refractivity contribution >= 4 is 63.1 Å². The number of hydrogen-bond acceptors (Lipinski definition) is 20. The average molecular weight is 956 g/mol. The van der Waals surface area contributed by atoms with Crippen molar-refractivity contribution in [2.75, 3.05) is 50.7 Å². The molecule has 0 aromatic carbocycles. The molecule has 6 rings (SSSR count). The fourth-order valence-electron chi connectivity index (χ4n) is 8.75. The number of nitrogens with zero attached hydrogens (tertiary/aromatic N) is 1. The Morgan fingerprint density at radius 2 is 1.51 bits per heavy atom. The lowest BCUT2D eigenvalue weighted by Gasteiger charge is -2.48. The summed E-state index contributed by atoms with van der Waals surface area (Å²) in [6, 6.07) is -3.18. The Morgan fingerprint density at radius 3 is 2.21 bits per heavy atom. The van der Waals surface area contributed by atoms with Crippen LogP contribution in [0.4, 0.5) is 4.79 Å². The number of amides is 5. The van der Waals surface area contributed by atoms with Gasteiger partial charge in [-0.05, 0) is 12.8 Å². The van der Waals surface area contributed by atoms with E-state index < -0.39 is 123 Å². The van der Waals surface area contributed by atoms with Gasteiger partial charge in [-0.25, -0.2) is 9.79 Å². The number of rotatable bonds is 21. The summed E-state index contributed by atoms with van der Waals surface area (Å²) in [5.74, 6) is -0.202. The van der Waals surface area contributed by atoms with Gasteiger partial charge in [0.1, 0.15) is 60.9 Å². The molecule has 18 atom stereocenters. The average Bonchev–Trinajstić information content (AvgIpc) is 4.01. The van der Waals surface area contributed by atoms with Crippen molar-refractivity contribution in [3.8, 4) is 0 Å². The first-order chi connectivity index (χ1) is 30.3. The molecule has 6 fully saturated rings. The fourth-order valence-corrected chi connectivity index (χ4v) is 12.2. The maximum atomic E-state index is 13.2. The van der Waals surface area contributed by atoms with Crippen LogP contribution in [0.1, 0.15) is 39.0 Å². The van der Waals surface area contributed by atoms with Crippen molar-refractivity contribution in [3.63, 3.8) is 0 Å². The molecule has 63 heavy (non-hydrogen) atoms. The molecule has 0 aromatic heterocycles. The molecule has 0 aromatic rings. The third-order valence-corrected chi connectivity index (χ3v) is 15.9. The quantitative estimate of drug-likeness (QED) is 0.0292. The van der Waals surface area contributed by atoms with E-state index in [1.54, 1.807) is 0 Å². The number of carbonyl (C=O) groups excluding carboxylic acids is 4. The molecule has 0 spiro atoms. The number of aliphatic hydroxyl groups excluding tert-OH is 7. The van der Waals surface area contributed by atoms with Gasteiger partial charge in [0, 0.05) is 55.9 Å². The standard InChI is InChI=1S/C37H61N7O16S3/c1-15(48)40-26-30(54)33(19(13-47)57-35(26)58-32-16(11-45)31-24(29(32)53)44-37(38-2)60-31)59-34-25(28(52)27(51)18(12-46)56-34)42-22(50)7-9-62-63-10-8-39-21(49)6-4-3-5-20-23-17(14-61-20)41-36(55)43-23/h16-20,23-35,45-47,51-54H,3-14H2,1-2H3,(H,38,44)(H,39,49)(H,40,48)(H,42,50)(H2,41,43,55)/t16-,17?,18+,19+,20?,23?,24+,25+,26+,27+,28-,29+,30-,31-,32+,33+,34-,35-/m0/s1. The molecule has 5 saturated heterocycles. The van der Waals surface area contributed by atoms with E-state index >= 15 is 0 Å². The number of carbonyl (C=O) groups is 4. The van der Waals surface area contributed by atoms with Crippen molar-refractivity contribution in [3.05, 3.63) is 0 Å². The summed E-state index contributed by atoms with van der Waals surface area (Å²) in [5, 5.41) is 92.5. The maximum Gasteiger partial charge on any atom is 0.315 e. The lowest BCUT2D eigenvalue weighted by Crippen LogP contribution is -2.69. The number of aliphatic imine (C=N–C) groups is 1. The predicted octanol–water partition coefficient (Wildman–Crippen LogP) is -4.80. The molecule has 0 bridgehead atoms. The van der Waals surface area contributed by atoms with Gasteiger partial charge < -0.3 is 91.3 Å². The summed E-state index contributed by atoms with van der Waals surface area (Å²) >= 11 is 1.85. The highest BCUT2D eigenvalue weighted by Gasteiger charge is 2.59. The first kappa shape index (κ1) is 50.0. The van der Waals surface area contributed by atoms with Gasteiger partial charge >= 0.3 is 6.03 Å². The summed E-state index contributed by atoms with van der Waals surface area (Å²) in [6.45, 7) is -0.408. The molecule has 1 aliphatic carbocycles. The number of nitrogens with one attached hydrogen (secondary N) is 6. The SMILES string of the molecule is CN=C1N[C@@H]2[C@@H](O)[C@H](O[C@@H]3O[C@H](CO)[C@@H](O[C@@H]4O[C@H](CO)[C@@H](O)[C@@H](O)[C@H]4NC(=O)CCSSCCNC(=O)CCCCC4SCC5NC(=O)NC54)[C@@H](O)[C@H]3NC(C)=O)[C@@H](CO)[C@@H]2O1. The zero-order valence-electron chi connectivity index (χ0n) is 34.9. The summed E-state index contributed by atoms with van der Waals surface area (Å²) in [5.41, 5.74) is 0. The fraction of sp³-hybridized carbons (Fsp3) is 0.865. The molecule has 1 saturated carbocycles. The number of hydrogen-bond donors (Lipinski definition) is 13. The van der Waals surface area contributed by atoms with Crippen LogP contribution in [0.25, 0.3) is 0 Å². The second-order valence-corrected chi connectivity index (χ2v) is 20.1. The molecule has 6 aliphatic rings. The van der Waals surface area contributed by atoms with E-state index in [1.165, 1.54) is 35.6 Å². The molecular weight excluding hydrogens is 895 g/mol. The Bertz CT molecular complexity index is 1600. The van der Waals surface area contributed by atoms with Crippen LogP contribution in [0.15, 0.2) is 4.99 Å². The van der Waals surface area contributed by atoms with E-state index in [9.17, 15) is 54.9 Å². The monoisotopic (exact) mass is 955 g/mol. The van der Waals surface area contributed by atoms with E-state index in [-0.39, 0.29) is 36.5 Å². The first-order valence-electron chi connectivity index (χ1n) is 21.1. The van der Waals surface area contributed by atoms with Crippen molar-refractivity contribution in [1.82, 2.24) is 31.9 Å². The lowest BCUT2D eigenvalue weighted by atomic mass is 9.94. The van der Waals surface area contributed by atoms with Crippen LogP contribution in [0, 0.1) is 5.92 Å². The molecule has 358 valence electrons. The number of thioether (sulfide) groups is 1. The first-order valence-corrected chi connectivity index (χ1v) is 24.6. The number of fused-ring (bicyclic) bond motifs is 2. The van der Waals surface area contributed by atoms with E-state index in [0.29, 0.717) is 29.7 Å². The Hall–Kier alpha value is -2.44. The summed E-state index contributed by atoms with van der Waals surface area (Å²) in [6.07, 6.45) is -12.7. The largest absolute Gasteiger partial charge is 0.459 e. The van der Waals surface area contributed by atoms with Crippen molar-refractivity contribution in [1.29, 1.82) is 0 Å². The molecule has 3 unspecified atom stereocenters. The highest BCUT2D eigenvalue weighted by atomic mass is 33.1. The molecular formula is C37H61N7O16S3. The van der Waals surface area contributed by atoms with Crippen LogP contribution < -0.4 is 31.9 Å². The molecule has 5 heterocycles. The smallest absolute Gasteiger partial charge is 0.315 e. The van der Waals surface area contributed by atoms with Crippen molar-refractivity contribution in [2.45, 2.75) is 142 Å². The zero-order chi connectivity index (χ0) is 45.4. The van der Waals surface area contributed by atoms with Crippen LogP contribution in [0.5, 0.6) is 0 Å². The minimum Gasteiger partial charge on any atom is -0.459 e. The van der Waals surface area contributed by atoms with Gasteiger partial charge in [-0.15, -0.1) is 0 Å². The van der Waals surface area contributed by atoms with Gasteiger partial charge in [0.05, 0.1) is 50.0 Å². The van der Waals surface area contributed by atoms with Gasteiger partial charge in [-0.1, -0.05) is 28.0 Å². The zero-order valence-corrected chi connectivity index (χ0v) is 37.3. The minimum absolute atomic E-state index is 0.0329. The van der Waals surface area contributed by atoms with Gasteiger partial charge in [-0.3, -0.25) is 14.4 Å². The molecule has 26 heteroatoms. The highest BCUT2D eigenvalue weighted by molar-refractivity contribution is 8.76. The Balaban J connectivity index is 0.966. The van der Waals surface area contributed by atoms with Crippen LogP contribution in [-0.4, -0.2) is 219 Å². The third-order valence-electron chi connectivity index (χ3n) is 12.0. The summed E-state index contributed by atoms with van der Waals surface area (Å²) in [4.78, 5) is 53.4. The van der Waals surface area contributed by atoms with Crippen LogP contribution in [0.2, 0.25) is 0 Å². The van der Waals surface area contributed by atoms with Crippen LogP contribution in [-0.2, 0) is 38.1 Å². The van der Waals surface area contributed by atoms with Gasteiger partial charge in [-0.2, -0.15) is 11.8 Å².